The smallest absolute Gasteiger partial charge is 0.246 e. The Labute approximate surface area is 149 Å². The molecule has 3 rings (SSSR count). The first-order valence-corrected chi connectivity index (χ1v) is 8.57. The van der Waals surface area contributed by atoms with Crippen molar-refractivity contribution in [2.45, 2.75) is 13.3 Å². The molecule has 0 fully saturated rings. The van der Waals surface area contributed by atoms with E-state index < -0.39 is 0 Å². The molecule has 1 aromatic heterocycles. The molecular weight excluding hydrogens is 337 g/mol. The Morgan fingerprint density at radius 1 is 1.28 bits per heavy atom. The van der Waals surface area contributed by atoms with Crippen molar-refractivity contribution in [1.29, 1.82) is 0 Å². The molecule has 0 aliphatic carbocycles. The monoisotopic (exact) mass is 353 g/mol. The molecule has 0 saturated carbocycles. The number of rotatable bonds is 5. The zero-order chi connectivity index (χ0) is 17.6. The summed E-state index contributed by atoms with van der Waals surface area (Å²) in [6.45, 7) is 2.00. The summed E-state index contributed by atoms with van der Waals surface area (Å²) in [5.74, 6) is -0.522. The standard InChI is InChI=1S/C19H16FN3OS/c1-13-3-2-4-14(9-13)11-21-23-18(24)10-17-12-25-19(22-17)15-5-7-16(20)8-6-15/h2-9,11-12H,10H2,1H3,(H,23,24)/b21-11-. The van der Waals surface area contributed by atoms with Crippen molar-refractivity contribution < 1.29 is 9.18 Å². The van der Waals surface area contributed by atoms with Crippen LogP contribution in [0.25, 0.3) is 10.6 Å². The van der Waals surface area contributed by atoms with Gasteiger partial charge in [0.15, 0.2) is 0 Å². The van der Waals surface area contributed by atoms with E-state index in [0.29, 0.717) is 5.69 Å². The van der Waals surface area contributed by atoms with Gasteiger partial charge in [0.1, 0.15) is 10.8 Å². The topological polar surface area (TPSA) is 54.4 Å². The van der Waals surface area contributed by atoms with Crippen LogP contribution in [0.2, 0.25) is 0 Å². The number of halogens is 1. The van der Waals surface area contributed by atoms with Gasteiger partial charge in [0.25, 0.3) is 0 Å². The number of hydrogen-bond donors (Lipinski definition) is 1. The van der Waals surface area contributed by atoms with Gasteiger partial charge in [0.05, 0.1) is 18.3 Å². The van der Waals surface area contributed by atoms with Gasteiger partial charge in [-0.25, -0.2) is 14.8 Å². The van der Waals surface area contributed by atoms with Gasteiger partial charge in [-0.2, -0.15) is 5.10 Å². The van der Waals surface area contributed by atoms with Crippen molar-refractivity contribution in [2.24, 2.45) is 5.10 Å². The molecule has 0 aliphatic rings. The van der Waals surface area contributed by atoms with Crippen molar-refractivity contribution in [2.75, 3.05) is 0 Å². The normalized spacial score (nSPS) is 11.0. The lowest BCUT2D eigenvalue weighted by Gasteiger charge is -1.98. The highest BCUT2D eigenvalue weighted by molar-refractivity contribution is 7.13. The number of benzene rings is 2. The summed E-state index contributed by atoms with van der Waals surface area (Å²) in [7, 11) is 0. The van der Waals surface area contributed by atoms with E-state index in [0.717, 1.165) is 21.7 Å². The fourth-order valence-electron chi connectivity index (χ4n) is 2.25. The van der Waals surface area contributed by atoms with E-state index in [1.54, 1.807) is 18.3 Å². The number of thiazole rings is 1. The second kappa shape index (κ2) is 7.81. The van der Waals surface area contributed by atoms with E-state index in [-0.39, 0.29) is 18.1 Å². The quantitative estimate of drug-likeness (QED) is 0.558. The third-order valence-corrected chi connectivity index (χ3v) is 4.37. The van der Waals surface area contributed by atoms with E-state index >= 15 is 0 Å². The molecule has 0 radical (unpaired) electrons. The maximum absolute atomic E-state index is 13.0. The minimum absolute atomic E-state index is 0.142. The number of carbonyl (C=O) groups is 1. The second-order valence-corrected chi connectivity index (χ2v) is 6.39. The van der Waals surface area contributed by atoms with E-state index in [1.165, 1.54) is 23.5 Å². The van der Waals surface area contributed by atoms with Crippen LogP contribution in [-0.4, -0.2) is 17.1 Å². The Hall–Kier alpha value is -2.86. The number of amides is 1. The molecule has 0 bridgehead atoms. The predicted molar refractivity (Wildman–Crippen MR) is 98.1 cm³/mol. The first-order valence-electron chi connectivity index (χ1n) is 7.69. The fraction of sp³-hybridized carbons (Fsp3) is 0.105. The average molecular weight is 353 g/mol. The largest absolute Gasteiger partial charge is 0.273 e. The third-order valence-electron chi connectivity index (χ3n) is 3.43. The maximum atomic E-state index is 13.0. The van der Waals surface area contributed by atoms with E-state index in [2.05, 4.69) is 15.5 Å². The summed E-state index contributed by atoms with van der Waals surface area (Å²) >= 11 is 1.42. The number of aryl methyl sites for hydroxylation is 1. The van der Waals surface area contributed by atoms with E-state index in [9.17, 15) is 9.18 Å². The molecule has 4 nitrogen and oxygen atoms in total. The molecule has 0 unspecified atom stereocenters. The van der Waals surface area contributed by atoms with Gasteiger partial charge in [-0.15, -0.1) is 11.3 Å². The summed E-state index contributed by atoms with van der Waals surface area (Å²) in [6, 6.07) is 13.9. The molecule has 0 saturated heterocycles. The van der Waals surface area contributed by atoms with Gasteiger partial charge in [0.2, 0.25) is 5.91 Å². The molecule has 1 amide bonds. The number of nitrogens with zero attached hydrogens (tertiary/aromatic N) is 2. The first kappa shape index (κ1) is 17.0. The average Bonchev–Trinajstić information content (AvgIpc) is 3.04. The summed E-state index contributed by atoms with van der Waals surface area (Å²) in [5.41, 5.74) is 6.04. The van der Waals surface area contributed by atoms with Gasteiger partial charge < -0.3 is 0 Å². The lowest BCUT2D eigenvalue weighted by molar-refractivity contribution is -0.120. The highest BCUT2D eigenvalue weighted by Gasteiger charge is 2.08. The number of carbonyl (C=O) groups excluding carboxylic acids is 1. The van der Waals surface area contributed by atoms with E-state index in [4.69, 9.17) is 0 Å². The van der Waals surface area contributed by atoms with Crippen LogP contribution in [-0.2, 0) is 11.2 Å². The van der Waals surface area contributed by atoms with Gasteiger partial charge >= 0.3 is 0 Å². The van der Waals surface area contributed by atoms with Gasteiger partial charge in [0, 0.05) is 10.9 Å². The SMILES string of the molecule is Cc1cccc(/C=N\NC(=O)Cc2csc(-c3ccc(F)cc3)n2)c1. The fourth-order valence-corrected chi connectivity index (χ4v) is 3.07. The third kappa shape index (κ3) is 4.81. The molecule has 25 heavy (non-hydrogen) atoms. The molecule has 0 aliphatic heterocycles. The Kier molecular flexibility index (Phi) is 5.30. The van der Waals surface area contributed by atoms with Crippen LogP contribution in [0.5, 0.6) is 0 Å². The highest BCUT2D eigenvalue weighted by Crippen LogP contribution is 2.24. The summed E-state index contributed by atoms with van der Waals surface area (Å²) in [4.78, 5) is 16.4. The minimum Gasteiger partial charge on any atom is -0.273 e. The lowest BCUT2D eigenvalue weighted by Crippen LogP contribution is -2.19. The Balaban J connectivity index is 1.57. The van der Waals surface area contributed by atoms with Crippen LogP contribution in [0, 0.1) is 12.7 Å². The van der Waals surface area contributed by atoms with Crippen LogP contribution in [0.15, 0.2) is 59.0 Å². The summed E-state index contributed by atoms with van der Waals surface area (Å²) < 4.78 is 13.0. The molecule has 3 aromatic rings. The van der Waals surface area contributed by atoms with Crippen molar-refractivity contribution >= 4 is 23.5 Å². The molecule has 126 valence electrons. The van der Waals surface area contributed by atoms with Crippen LogP contribution in [0.4, 0.5) is 4.39 Å². The van der Waals surface area contributed by atoms with Crippen LogP contribution >= 0.6 is 11.3 Å². The van der Waals surface area contributed by atoms with Crippen LogP contribution < -0.4 is 5.43 Å². The summed E-state index contributed by atoms with van der Waals surface area (Å²) in [5, 5.41) is 6.54. The Bertz CT molecular complexity index is 903. The molecule has 0 atom stereocenters. The van der Waals surface area contributed by atoms with Crippen LogP contribution in [0.3, 0.4) is 0 Å². The lowest BCUT2D eigenvalue weighted by atomic mass is 10.2. The first-order chi connectivity index (χ1) is 12.1. The molecule has 6 heteroatoms. The van der Waals surface area contributed by atoms with Crippen molar-refractivity contribution in [3.63, 3.8) is 0 Å². The predicted octanol–water partition coefficient (Wildman–Crippen LogP) is 3.95. The molecule has 1 N–H and O–H groups in total. The number of hydrazone groups is 1. The summed E-state index contributed by atoms with van der Waals surface area (Å²) in [6.07, 6.45) is 1.75. The van der Waals surface area contributed by atoms with Crippen molar-refractivity contribution in [3.8, 4) is 10.6 Å². The molecule has 2 aromatic carbocycles. The van der Waals surface area contributed by atoms with Gasteiger partial charge in [-0.3, -0.25) is 4.79 Å². The van der Waals surface area contributed by atoms with Crippen molar-refractivity contribution in [3.05, 3.63) is 76.5 Å². The number of nitrogens with one attached hydrogen (secondary N) is 1. The van der Waals surface area contributed by atoms with Gasteiger partial charge in [-0.1, -0.05) is 29.8 Å². The van der Waals surface area contributed by atoms with Crippen LogP contribution in [0.1, 0.15) is 16.8 Å². The second-order valence-electron chi connectivity index (χ2n) is 5.53. The van der Waals surface area contributed by atoms with E-state index in [1.807, 2.05) is 36.6 Å². The van der Waals surface area contributed by atoms with Crippen molar-refractivity contribution in [1.82, 2.24) is 10.4 Å². The molecule has 1 heterocycles. The number of hydrogen-bond acceptors (Lipinski definition) is 4. The number of aromatic nitrogens is 1. The zero-order valence-corrected chi connectivity index (χ0v) is 14.4. The highest BCUT2D eigenvalue weighted by atomic mass is 32.1. The molecule has 0 spiro atoms. The zero-order valence-electron chi connectivity index (χ0n) is 13.6. The van der Waals surface area contributed by atoms with Gasteiger partial charge in [-0.05, 0) is 36.8 Å². The Morgan fingerprint density at radius 2 is 2.08 bits per heavy atom. The Morgan fingerprint density at radius 3 is 2.84 bits per heavy atom. The maximum Gasteiger partial charge on any atom is 0.246 e. The molecular formula is C19H16FN3OS. The minimum atomic E-state index is -0.286.